The van der Waals surface area contributed by atoms with E-state index in [1.54, 1.807) is 0 Å². The molecule has 1 saturated heterocycles. The molecule has 4 rings (SSSR count). The van der Waals surface area contributed by atoms with Gasteiger partial charge in [0, 0.05) is 12.1 Å². The van der Waals surface area contributed by atoms with Crippen molar-refractivity contribution in [2.24, 2.45) is 0 Å². The molecule has 0 aromatic heterocycles. The fourth-order valence-corrected chi connectivity index (χ4v) is 3.66. The van der Waals surface area contributed by atoms with Gasteiger partial charge in [0.15, 0.2) is 0 Å². The Morgan fingerprint density at radius 3 is 2.65 bits per heavy atom. The van der Waals surface area contributed by atoms with E-state index in [9.17, 15) is 4.79 Å². The zero-order valence-corrected chi connectivity index (χ0v) is 9.98. The highest BCUT2D eigenvalue weighted by molar-refractivity contribution is 5.88. The summed E-state index contributed by atoms with van der Waals surface area (Å²) in [5.74, 6) is 0.568. The van der Waals surface area contributed by atoms with Crippen molar-refractivity contribution in [1.82, 2.24) is 4.90 Å². The molecule has 1 atom stereocenters. The lowest BCUT2D eigenvalue weighted by Crippen LogP contribution is -2.66. The van der Waals surface area contributed by atoms with Gasteiger partial charge in [-0.05, 0) is 43.2 Å². The summed E-state index contributed by atoms with van der Waals surface area (Å²) in [5.41, 5.74) is 2.95. The molecule has 2 fully saturated rings. The van der Waals surface area contributed by atoms with Crippen molar-refractivity contribution in [1.29, 1.82) is 0 Å². The van der Waals surface area contributed by atoms with Crippen LogP contribution in [0.4, 0.5) is 0 Å². The predicted octanol–water partition coefficient (Wildman–Crippen LogP) is 2.48. The Bertz CT molecular complexity index is 484. The maximum absolute atomic E-state index is 12.5. The second-order valence-electron chi connectivity index (χ2n) is 5.77. The van der Waals surface area contributed by atoms with Crippen LogP contribution >= 0.6 is 0 Å². The Morgan fingerprint density at radius 1 is 1.24 bits per heavy atom. The summed E-state index contributed by atoms with van der Waals surface area (Å²) in [6, 6.07) is 8.38. The van der Waals surface area contributed by atoms with Crippen LogP contribution in [0.25, 0.3) is 0 Å². The molecule has 3 aliphatic rings. The van der Waals surface area contributed by atoms with Crippen LogP contribution in [-0.2, 0) is 11.2 Å². The highest BCUT2D eigenvalue weighted by atomic mass is 16.2. The van der Waals surface area contributed by atoms with Crippen LogP contribution in [0.3, 0.4) is 0 Å². The van der Waals surface area contributed by atoms with E-state index in [2.05, 4.69) is 23.1 Å². The van der Waals surface area contributed by atoms with Crippen molar-refractivity contribution >= 4 is 5.91 Å². The number of carbonyl (C=O) groups is 1. The van der Waals surface area contributed by atoms with Crippen molar-refractivity contribution in [3.05, 3.63) is 35.4 Å². The normalized spacial score (nSPS) is 27.8. The summed E-state index contributed by atoms with van der Waals surface area (Å²) in [6.45, 7) is 0.998. The molecule has 2 heteroatoms. The fourth-order valence-electron chi connectivity index (χ4n) is 3.66. The van der Waals surface area contributed by atoms with E-state index >= 15 is 0 Å². The standard InChI is InChI=1S/C15H17NO/c17-14(16-9-8-15(16)6-3-7-15)13-10-11-4-1-2-5-12(11)13/h1-2,4-5,13H,3,6-10H2. The molecule has 1 heterocycles. The van der Waals surface area contributed by atoms with Crippen LogP contribution in [0, 0.1) is 0 Å². The molecule has 1 aliphatic heterocycles. The number of nitrogens with zero attached hydrogens (tertiary/aromatic N) is 1. The van der Waals surface area contributed by atoms with Gasteiger partial charge in [-0.2, -0.15) is 0 Å². The molecular weight excluding hydrogens is 210 g/mol. The lowest BCUT2D eigenvalue weighted by Gasteiger charge is -2.59. The van der Waals surface area contributed by atoms with Crippen LogP contribution in [-0.4, -0.2) is 22.9 Å². The summed E-state index contributed by atoms with van der Waals surface area (Å²) >= 11 is 0. The zero-order valence-electron chi connectivity index (χ0n) is 9.98. The van der Waals surface area contributed by atoms with E-state index in [4.69, 9.17) is 0 Å². The quantitative estimate of drug-likeness (QED) is 0.721. The molecule has 1 spiro atoms. The number of fused-ring (bicyclic) bond motifs is 1. The average Bonchev–Trinajstić information content (AvgIpc) is 2.16. The summed E-state index contributed by atoms with van der Waals surface area (Å²) in [6.07, 6.45) is 6.00. The van der Waals surface area contributed by atoms with E-state index in [1.807, 2.05) is 6.07 Å². The molecule has 0 radical (unpaired) electrons. The summed E-state index contributed by atoms with van der Waals surface area (Å²) < 4.78 is 0. The monoisotopic (exact) mass is 227 g/mol. The Morgan fingerprint density at radius 2 is 2.06 bits per heavy atom. The number of likely N-dealkylation sites (tertiary alicyclic amines) is 1. The van der Waals surface area contributed by atoms with E-state index in [1.165, 1.54) is 36.8 Å². The molecule has 1 unspecified atom stereocenters. The smallest absolute Gasteiger partial charge is 0.230 e. The minimum absolute atomic E-state index is 0.170. The van der Waals surface area contributed by atoms with Gasteiger partial charge < -0.3 is 4.90 Å². The van der Waals surface area contributed by atoms with E-state index in [0.717, 1.165) is 13.0 Å². The minimum atomic E-state index is 0.170. The summed E-state index contributed by atoms with van der Waals surface area (Å²) in [7, 11) is 0. The zero-order chi connectivity index (χ0) is 11.5. The molecule has 1 amide bonds. The average molecular weight is 227 g/mol. The van der Waals surface area contributed by atoms with Gasteiger partial charge in [0.05, 0.1) is 5.92 Å². The third-order valence-electron chi connectivity index (χ3n) is 5.08. The number of hydrogen-bond acceptors (Lipinski definition) is 1. The van der Waals surface area contributed by atoms with Gasteiger partial charge in [-0.3, -0.25) is 4.79 Å². The Labute approximate surface area is 102 Å². The largest absolute Gasteiger partial charge is 0.336 e. The Balaban J connectivity index is 1.56. The fraction of sp³-hybridized carbons (Fsp3) is 0.533. The van der Waals surface area contributed by atoms with Gasteiger partial charge in [0.1, 0.15) is 0 Å². The third kappa shape index (κ3) is 1.13. The first kappa shape index (κ1) is 9.69. The van der Waals surface area contributed by atoms with E-state index in [-0.39, 0.29) is 5.92 Å². The lowest BCUT2D eigenvalue weighted by atomic mass is 9.66. The number of benzene rings is 1. The van der Waals surface area contributed by atoms with Crippen molar-refractivity contribution < 1.29 is 4.79 Å². The van der Waals surface area contributed by atoms with Crippen LogP contribution in [0.2, 0.25) is 0 Å². The second-order valence-corrected chi connectivity index (χ2v) is 5.77. The Kier molecular flexibility index (Phi) is 1.78. The molecule has 0 bridgehead atoms. The van der Waals surface area contributed by atoms with Gasteiger partial charge in [0.25, 0.3) is 0 Å². The number of rotatable bonds is 1. The molecule has 1 aromatic rings. The molecule has 0 N–H and O–H groups in total. The minimum Gasteiger partial charge on any atom is -0.336 e. The number of hydrogen-bond donors (Lipinski definition) is 0. The predicted molar refractivity (Wildman–Crippen MR) is 65.8 cm³/mol. The molecular formula is C15H17NO. The van der Waals surface area contributed by atoms with E-state index < -0.39 is 0 Å². The molecule has 17 heavy (non-hydrogen) atoms. The van der Waals surface area contributed by atoms with Crippen molar-refractivity contribution in [3.63, 3.8) is 0 Å². The first-order valence-electron chi connectivity index (χ1n) is 6.69. The van der Waals surface area contributed by atoms with Gasteiger partial charge in [-0.1, -0.05) is 24.3 Å². The molecule has 1 aromatic carbocycles. The SMILES string of the molecule is O=C(C1Cc2ccccc21)N1CCC12CCC2. The number of amides is 1. The molecule has 2 aliphatic carbocycles. The maximum atomic E-state index is 12.5. The van der Waals surface area contributed by atoms with Crippen molar-refractivity contribution in [3.8, 4) is 0 Å². The van der Waals surface area contributed by atoms with Gasteiger partial charge >= 0.3 is 0 Å². The highest BCUT2D eigenvalue weighted by Crippen LogP contribution is 2.49. The van der Waals surface area contributed by atoms with Gasteiger partial charge in [0.2, 0.25) is 5.91 Å². The Hall–Kier alpha value is -1.31. The van der Waals surface area contributed by atoms with Gasteiger partial charge in [-0.25, -0.2) is 0 Å². The highest BCUT2D eigenvalue weighted by Gasteiger charge is 2.53. The maximum Gasteiger partial charge on any atom is 0.230 e. The molecule has 1 saturated carbocycles. The molecule has 2 nitrogen and oxygen atoms in total. The lowest BCUT2D eigenvalue weighted by molar-refractivity contribution is -0.158. The van der Waals surface area contributed by atoms with Gasteiger partial charge in [-0.15, -0.1) is 0 Å². The van der Waals surface area contributed by atoms with Crippen molar-refractivity contribution in [2.45, 2.75) is 43.6 Å². The summed E-state index contributed by atoms with van der Waals surface area (Å²) in [5, 5.41) is 0. The third-order valence-corrected chi connectivity index (χ3v) is 5.08. The van der Waals surface area contributed by atoms with E-state index in [0.29, 0.717) is 11.4 Å². The second kappa shape index (κ2) is 3.12. The topological polar surface area (TPSA) is 20.3 Å². The number of carbonyl (C=O) groups excluding carboxylic acids is 1. The first-order chi connectivity index (χ1) is 8.30. The van der Waals surface area contributed by atoms with Crippen LogP contribution in [0.15, 0.2) is 24.3 Å². The van der Waals surface area contributed by atoms with Crippen molar-refractivity contribution in [2.75, 3.05) is 6.54 Å². The van der Waals surface area contributed by atoms with Crippen LogP contribution in [0.5, 0.6) is 0 Å². The molecule has 88 valence electrons. The first-order valence-corrected chi connectivity index (χ1v) is 6.69. The van der Waals surface area contributed by atoms with Crippen LogP contribution < -0.4 is 0 Å². The summed E-state index contributed by atoms with van der Waals surface area (Å²) in [4.78, 5) is 14.7. The van der Waals surface area contributed by atoms with Crippen LogP contribution in [0.1, 0.15) is 42.7 Å².